The fourth-order valence-electron chi connectivity index (χ4n) is 2.83. The molecule has 120 valence electrons. The van der Waals surface area contributed by atoms with Gasteiger partial charge < -0.3 is 9.84 Å². The van der Waals surface area contributed by atoms with Crippen LogP contribution < -0.4 is 4.74 Å². The molecule has 2 unspecified atom stereocenters. The summed E-state index contributed by atoms with van der Waals surface area (Å²) in [7, 11) is 0. The fraction of sp³-hybridized carbons (Fsp3) is 0.588. The largest absolute Gasteiger partial charge is 0.492 e. The Kier molecular flexibility index (Phi) is 6.20. The molecule has 1 aliphatic rings. The van der Waals surface area contributed by atoms with Gasteiger partial charge in [0.15, 0.2) is 0 Å². The molecule has 0 amide bonds. The molecule has 2 rings (SSSR count). The SMILES string of the molecule is CC(O)CN1CCN(CCOc2cccc(C#N)c2)CC1C. The zero-order valence-corrected chi connectivity index (χ0v) is 13.4. The first kappa shape index (κ1) is 16.8. The maximum absolute atomic E-state index is 9.50. The van der Waals surface area contributed by atoms with E-state index in [-0.39, 0.29) is 6.10 Å². The van der Waals surface area contributed by atoms with E-state index in [1.807, 2.05) is 19.1 Å². The van der Waals surface area contributed by atoms with Gasteiger partial charge in [-0.15, -0.1) is 0 Å². The van der Waals surface area contributed by atoms with E-state index in [4.69, 9.17) is 10.00 Å². The monoisotopic (exact) mass is 303 g/mol. The predicted molar refractivity (Wildman–Crippen MR) is 85.8 cm³/mol. The number of rotatable bonds is 6. The Hall–Kier alpha value is -1.61. The molecule has 1 saturated heterocycles. The van der Waals surface area contributed by atoms with E-state index in [9.17, 15) is 5.11 Å². The minimum atomic E-state index is -0.273. The standard InChI is InChI=1S/C17H25N3O2/c1-14-12-19(6-7-20(14)13-15(2)21)8-9-22-17-5-3-4-16(10-17)11-18/h3-5,10,14-15,21H,6-9,12-13H2,1-2H3. The second-order valence-corrected chi connectivity index (χ2v) is 5.98. The van der Waals surface area contributed by atoms with Gasteiger partial charge in [-0.2, -0.15) is 5.26 Å². The highest BCUT2D eigenvalue weighted by Crippen LogP contribution is 2.13. The molecule has 5 heteroatoms. The van der Waals surface area contributed by atoms with Crippen LogP contribution in [-0.4, -0.2) is 66.4 Å². The lowest BCUT2D eigenvalue weighted by Crippen LogP contribution is -2.54. The molecule has 1 heterocycles. The topological polar surface area (TPSA) is 59.7 Å². The molecule has 1 fully saturated rings. The maximum atomic E-state index is 9.50. The van der Waals surface area contributed by atoms with Crippen molar-refractivity contribution in [3.8, 4) is 11.8 Å². The lowest BCUT2D eigenvalue weighted by Gasteiger charge is -2.40. The fourth-order valence-corrected chi connectivity index (χ4v) is 2.83. The first-order valence-corrected chi connectivity index (χ1v) is 7.86. The third kappa shape index (κ3) is 4.99. The molecular weight excluding hydrogens is 278 g/mol. The van der Waals surface area contributed by atoms with E-state index in [0.717, 1.165) is 38.5 Å². The molecule has 2 atom stereocenters. The van der Waals surface area contributed by atoms with Crippen molar-refractivity contribution in [1.29, 1.82) is 5.26 Å². The molecular formula is C17H25N3O2. The maximum Gasteiger partial charge on any atom is 0.120 e. The van der Waals surface area contributed by atoms with Crippen LogP contribution in [0, 0.1) is 11.3 Å². The van der Waals surface area contributed by atoms with Crippen molar-refractivity contribution in [2.75, 3.05) is 39.3 Å². The lowest BCUT2D eigenvalue weighted by molar-refractivity contribution is 0.0405. The van der Waals surface area contributed by atoms with Crippen molar-refractivity contribution < 1.29 is 9.84 Å². The van der Waals surface area contributed by atoms with Crippen LogP contribution in [0.4, 0.5) is 0 Å². The average Bonchev–Trinajstić information content (AvgIpc) is 2.50. The number of nitrogens with zero attached hydrogens (tertiary/aromatic N) is 3. The van der Waals surface area contributed by atoms with Crippen LogP contribution in [0.2, 0.25) is 0 Å². The number of nitriles is 1. The van der Waals surface area contributed by atoms with Crippen molar-refractivity contribution in [1.82, 2.24) is 9.80 Å². The molecule has 0 aromatic heterocycles. The Morgan fingerprint density at radius 3 is 2.95 bits per heavy atom. The molecule has 5 nitrogen and oxygen atoms in total. The predicted octanol–water partition coefficient (Wildman–Crippen LogP) is 1.32. The molecule has 1 aliphatic heterocycles. The number of hydrogen-bond donors (Lipinski definition) is 1. The molecule has 0 radical (unpaired) electrons. The first-order chi connectivity index (χ1) is 10.6. The summed E-state index contributed by atoms with van der Waals surface area (Å²) < 4.78 is 5.73. The molecule has 1 aromatic rings. The van der Waals surface area contributed by atoms with Gasteiger partial charge in [-0.25, -0.2) is 0 Å². The van der Waals surface area contributed by atoms with Crippen LogP contribution in [0.15, 0.2) is 24.3 Å². The average molecular weight is 303 g/mol. The third-order valence-corrected chi connectivity index (χ3v) is 3.99. The van der Waals surface area contributed by atoms with Gasteiger partial charge in [0.1, 0.15) is 12.4 Å². The van der Waals surface area contributed by atoms with Crippen molar-refractivity contribution in [3.63, 3.8) is 0 Å². The third-order valence-electron chi connectivity index (χ3n) is 3.99. The molecule has 0 saturated carbocycles. The summed E-state index contributed by atoms with van der Waals surface area (Å²) in [4.78, 5) is 4.72. The minimum absolute atomic E-state index is 0.273. The van der Waals surface area contributed by atoms with Crippen LogP contribution in [0.1, 0.15) is 19.4 Å². The number of ether oxygens (including phenoxy) is 1. The van der Waals surface area contributed by atoms with Gasteiger partial charge >= 0.3 is 0 Å². The van der Waals surface area contributed by atoms with E-state index in [0.29, 0.717) is 18.2 Å². The van der Waals surface area contributed by atoms with E-state index in [1.54, 1.807) is 12.1 Å². The first-order valence-electron chi connectivity index (χ1n) is 7.86. The smallest absolute Gasteiger partial charge is 0.120 e. The Balaban J connectivity index is 1.73. The summed E-state index contributed by atoms with van der Waals surface area (Å²) in [5, 5.41) is 18.4. The van der Waals surface area contributed by atoms with Crippen molar-refractivity contribution in [3.05, 3.63) is 29.8 Å². The van der Waals surface area contributed by atoms with Gasteiger partial charge in [0.2, 0.25) is 0 Å². The van der Waals surface area contributed by atoms with Crippen LogP contribution >= 0.6 is 0 Å². The van der Waals surface area contributed by atoms with Crippen molar-refractivity contribution >= 4 is 0 Å². The summed E-state index contributed by atoms with van der Waals surface area (Å²) >= 11 is 0. The number of aliphatic hydroxyl groups is 1. The lowest BCUT2D eigenvalue weighted by atomic mass is 10.1. The van der Waals surface area contributed by atoms with Crippen LogP contribution in [0.25, 0.3) is 0 Å². The van der Waals surface area contributed by atoms with Gasteiger partial charge in [-0.3, -0.25) is 9.80 Å². The van der Waals surface area contributed by atoms with E-state index in [2.05, 4.69) is 22.8 Å². The van der Waals surface area contributed by atoms with E-state index < -0.39 is 0 Å². The van der Waals surface area contributed by atoms with Gasteiger partial charge in [0, 0.05) is 38.8 Å². The van der Waals surface area contributed by atoms with Crippen molar-refractivity contribution in [2.24, 2.45) is 0 Å². The number of β-amino-alcohol motifs (C(OH)–C–C–N with tert-alkyl or cyclic N) is 1. The van der Waals surface area contributed by atoms with E-state index in [1.165, 1.54) is 0 Å². The molecule has 22 heavy (non-hydrogen) atoms. The molecule has 1 aromatic carbocycles. The molecule has 0 bridgehead atoms. The number of hydrogen-bond acceptors (Lipinski definition) is 5. The second kappa shape index (κ2) is 8.14. The van der Waals surface area contributed by atoms with E-state index >= 15 is 0 Å². The van der Waals surface area contributed by atoms with Crippen LogP contribution in [-0.2, 0) is 0 Å². The molecule has 0 spiro atoms. The highest BCUT2D eigenvalue weighted by Gasteiger charge is 2.24. The molecule has 1 N–H and O–H groups in total. The van der Waals surface area contributed by atoms with Gasteiger partial charge in [-0.1, -0.05) is 6.07 Å². The Morgan fingerprint density at radius 1 is 1.45 bits per heavy atom. The summed E-state index contributed by atoms with van der Waals surface area (Å²) in [6.07, 6.45) is -0.273. The van der Waals surface area contributed by atoms with Crippen LogP contribution in [0.5, 0.6) is 5.75 Å². The number of aliphatic hydroxyl groups excluding tert-OH is 1. The normalized spacial score (nSPS) is 21.3. The second-order valence-electron chi connectivity index (χ2n) is 5.98. The summed E-state index contributed by atoms with van der Waals surface area (Å²) in [5.41, 5.74) is 0.623. The zero-order valence-electron chi connectivity index (χ0n) is 13.4. The highest BCUT2D eigenvalue weighted by atomic mass is 16.5. The van der Waals surface area contributed by atoms with Gasteiger partial charge in [-0.05, 0) is 32.0 Å². The minimum Gasteiger partial charge on any atom is -0.492 e. The highest BCUT2D eigenvalue weighted by molar-refractivity contribution is 5.36. The quantitative estimate of drug-likeness (QED) is 0.859. The Labute approximate surface area is 132 Å². The van der Waals surface area contributed by atoms with Crippen LogP contribution in [0.3, 0.4) is 0 Å². The number of piperazine rings is 1. The number of benzene rings is 1. The molecule has 0 aliphatic carbocycles. The van der Waals surface area contributed by atoms with Gasteiger partial charge in [0.05, 0.1) is 17.7 Å². The summed E-state index contributed by atoms with van der Waals surface area (Å²) in [6.45, 7) is 9.26. The zero-order chi connectivity index (χ0) is 15.9. The van der Waals surface area contributed by atoms with Crippen molar-refractivity contribution in [2.45, 2.75) is 26.0 Å². The van der Waals surface area contributed by atoms with Gasteiger partial charge in [0.25, 0.3) is 0 Å². The summed E-state index contributed by atoms with van der Waals surface area (Å²) in [5.74, 6) is 0.750. The Bertz CT molecular complexity index is 513. The summed E-state index contributed by atoms with van der Waals surface area (Å²) in [6, 6.07) is 9.82. The Morgan fingerprint density at radius 2 is 2.27 bits per heavy atom.